The fourth-order valence-corrected chi connectivity index (χ4v) is 2.14. The van der Waals surface area contributed by atoms with Crippen molar-refractivity contribution >= 4 is 18.0 Å². The zero-order valence-electron chi connectivity index (χ0n) is 14.1. The third-order valence-corrected chi connectivity index (χ3v) is 3.40. The van der Waals surface area contributed by atoms with E-state index in [0.717, 1.165) is 12.8 Å². The molecular weight excluding hydrogens is 315 g/mol. The van der Waals surface area contributed by atoms with Crippen LogP contribution in [-0.2, 0) is 30.4 Å². The summed E-state index contributed by atoms with van der Waals surface area (Å²) in [6.07, 6.45) is 3.19. The fourth-order valence-electron chi connectivity index (χ4n) is 2.14. The molecule has 0 bridgehead atoms. The molecule has 0 N–H and O–H groups in total. The first-order valence-electron chi connectivity index (χ1n) is 7.87. The Balaban J connectivity index is 2.11. The summed E-state index contributed by atoms with van der Waals surface area (Å²) < 4.78 is 29.5. The molecule has 0 atom stereocenters. The van der Waals surface area contributed by atoms with E-state index >= 15 is 0 Å². The van der Waals surface area contributed by atoms with Crippen LogP contribution in [0.4, 0.5) is 4.39 Å². The van der Waals surface area contributed by atoms with Crippen LogP contribution in [0.5, 0.6) is 0 Å². The first-order valence-corrected chi connectivity index (χ1v) is 7.87. The highest BCUT2D eigenvalue weighted by atomic mass is 19.1. The van der Waals surface area contributed by atoms with Crippen LogP contribution in [0.25, 0.3) is 6.08 Å². The van der Waals surface area contributed by atoms with E-state index in [2.05, 4.69) is 6.92 Å². The lowest BCUT2D eigenvalue weighted by molar-refractivity contribution is -0.222. The predicted molar refractivity (Wildman–Crippen MR) is 85.2 cm³/mol. The predicted octanol–water partition coefficient (Wildman–Crippen LogP) is 3.36. The van der Waals surface area contributed by atoms with Gasteiger partial charge in [-0.05, 0) is 24.1 Å². The summed E-state index contributed by atoms with van der Waals surface area (Å²) in [4.78, 5) is 23.7. The van der Waals surface area contributed by atoms with E-state index < -0.39 is 23.5 Å². The van der Waals surface area contributed by atoms with Gasteiger partial charge in [-0.3, -0.25) is 0 Å². The number of ether oxygens (including phenoxy) is 3. The summed E-state index contributed by atoms with van der Waals surface area (Å²) in [6.45, 7) is 5.74. The number of halogens is 1. The summed E-state index contributed by atoms with van der Waals surface area (Å²) in [5.41, 5.74) is 0.525. The summed E-state index contributed by atoms with van der Waals surface area (Å²) >= 11 is 0. The number of unbranched alkanes of at least 4 members (excludes halogenated alkanes) is 1. The average Bonchev–Trinajstić information content (AvgIpc) is 2.48. The third kappa shape index (κ3) is 4.64. The van der Waals surface area contributed by atoms with Crippen LogP contribution in [0.1, 0.15) is 44.7 Å². The lowest BCUT2D eigenvalue weighted by atomic mass is 10.1. The molecule has 0 amide bonds. The molecule has 0 radical (unpaired) electrons. The molecule has 1 aromatic rings. The first kappa shape index (κ1) is 18.1. The quantitative estimate of drug-likeness (QED) is 0.345. The Morgan fingerprint density at radius 2 is 1.88 bits per heavy atom. The van der Waals surface area contributed by atoms with Gasteiger partial charge >= 0.3 is 11.9 Å². The first-order chi connectivity index (χ1) is 11.3. The molecule has 5 nitrogen and oxygen atoms in total. The maximum Gasteiger partial charge on any atom is 0.348 e. The van der Waals surface area contributed by atoms with E-state index in [1.54, 1.807) is 12.1 Å². The molecule has 1 aliphatic heterocycles. The van der Waals surface area contributed by atoms with Crippen LogP contribution < -0.4 is 0 Å². The van der Waals surface area contributed by atoms with E-state index in [0.29, 0.717) is 17.7 Å². The Morgan fingerprint density at radius 1 is 1.21 bits per heavy atom. The highest BCUT2D eigenvalue weighted by Gasteiger charge is 2.38. The maximum atomic E-state index is 14.1. The zero-order chi connectivity index (χ0) is 17.7. The highest BCUT2D eigenvalue weighted by molar-refractivity contribution is 6.18. The third-order valence-electron chi connectivity index (χ3n) is 3.40. The van der Waals surface area contributed by atoms with Crippen molar-refractivity contribution in [1.29, 1.82) is 0 Å². The molecule has 0 saturated carbocycles. The topological polar surface area (TPSA) is 61.8 Å². The SMILES string of the molecule is CCCCOCc1ccc(C=C2C(=O)OC(C)(C)OC2=O)cc1F. The van der Waals surface area contributed by atoms with E-state index in [-0.39, 0.29) is 12.2 Å². The normalized spacial score (nSPS) is 16.6. The highest BCUT2D eigenvalue weighted by Crippen LogP contribution is 2.24. The van der Waals surface area contributed by atoms with Crippen LogP contribution in [0.2, 0.25) is 0 Å². The summed E-state index contributed by atoms with van der Waals surface area (Å²) in [6, 6.07) is 4.41. The number of hydrogen-bond donors (Lipinski definition) is 0. The molecule has 24 heavy (non-hydrogen) atoms. The number of hydrogen-bond acceptors (Lipinski definition) is 5. The number of carbonyl (C=O) groups excluding carboxylic acids is 2. The molecule has 1 aromatic carbocycles. The molecule has 1 heterocycles. The Kier molecular flexibility index (Phi) is 5.72. The van der Waals surface area contributed by atoms with Crippen molar-refractivity contribution in [3.63, 3.8) is 0 Å². The van der Waals surface area contributed by atoms with Crippen LogP contribution in [0.3, 0.4) is 0 Å². The molecule has 1 aliphatic rings. The largest absolute Gasteiger partial charge is 0.419 e. The Morgan fingerprint density at radius 3 is 2.46 bits per heavy atom. The standard InChI is InChI=1S/C18H21FO5/c1-4-5-8-22-11-13-7-6-12(10-15(13)19)9-14-16(20)23-18(2,3)24-17(14)21/h6-7,9-10H,4-5,8,11H2,1-3H3. The number of esters is 2. The average molecular weight is 336 g/mol. The molecule has 2 rings (SSSR count). The summed E-state index contributed by atoms with van der Waals surface area (Å²) in [5.74, 6) is -3.33. The molecule has 0 spiro atoms. The summed E-state index contributed by atoms with van der Waals surface area (Å²) in [7, 11) is 0. The molecule has 130 valence electrons. The van der Waals surface area contributed by atoms with Crippen molar-refractivity contribution in [2.24, 2.45) is 0 Å². The van der Waals surface area contributed by atoms with Gasteiger partial charge in [0.1, 0.15) is 11.4 Å². The minimum atomic E-state index is -1.30. The molecule has 1 saturated heterocycles. The Labute approximate surface area is 140 Å². The van der Waals surface area contributed by atoms with Crippen LogP contribution in [-0.4, -0.2) is 24.3 Å². The van der Waals surface area contributed by atoms with Gasteiger partial charge in [0.05, 0.1) is 6.61 Å². The molecule has 0 aromatic heterocycles. The van der Waals surface area contributed by atoms with Gasteiger partial charge in [-0.1, -0.05) is 25.5 Å². The van der Waals surface area contributed by atoms with E-state index in [9.17, 15) is 14.0 Å². The van der Waals surface area contributed by atoms with Gasteiger partial charge in [0, 0.05) is 26.0 Å². The number of cyclic esters (lactones) is 2. The van der Waals surface area contributed by atoms with Gasteiger partial charge in [0.25, 0.3) is 5.79 Å². The minimum Gasteiger partial charge on any atom is -0.419 e. The number of carbonyl (C=O) groups is 2. The molecular formula is C18H21FO5. The molecule has 0 unspecified atom stereocenters. The molecule has 1 fully saturated rings. The van der Waals surface area contributed by atoms with Crippen molar-refractivity contribution in [1.82, 2.24) is 0 Å². The van der Waals surface area contributed by atoms with Gasteiger partial charge in [0.2, 0.25) is 0 Å². The zero-order valence-corrected chi connectivity index (χ0v) is 14.1. The second-order valence-corrected chi connectivity index (χ2v) is 5.99. The second kappa shape index (κ2) is 7.57. The minimum absolute atomic E-state index is 0.182. The Bertz CT molecular complexity index is 641. The van der Waals surface area contributed by atoms with Gasteiger partial charge in [-0.2, -0.15) is 0 Å². The van der Waals surface area contributed by atoms with Crippen molar-refractivity contribution in [3.05, 3.63) is 40.7 Å². The Hall–Kier alpha value is -2.21. The molecule has 0 aliphatic carbocycles. The second-order valence-electron chi connectivity index (χ2n) is 5.99. The lowest BCUT2D eigenvalue weighted by Gasteiger charge is -2.29. The molecule has 6 heteroatoms. The van der Waals surface area contributed by atoms with Gasteiger partial charge in [-0.25, -0.2) is 14.0 Å². The number of rotatable bonds is 6. The van der Waals surface area contributed by atoms with E-state index in [1.807, 2.05) is 0 Å². The van der Waals surface area contributed by atoms with E-state index in [4.69, 9.17) is 14.2 Å². The number of benzene rings is 1. The lowest BCUT2D eigenvalue weighted by Crippen LogP contribution is -2.41. The van der Waals surface area contributed by atoms with Crippen LogP contribution >= 0.6 is 0 Å². The van der Waals surface area contributed by atoms with Crippen molar-refractivity contribution in [3.8, 4) is 0 Å². The monoisotopic (exact) mass is 336 g/mol. The fraction of sp³-hybridized carbons (Fsp3) is 0.444. The smallest absolute Gasteiger partial charge is 0.348 e. The van der Waals surface area contributed by atoms with Crippen molar-refractivity contribution in [2.75, 3.05) is 6.61 Å². The van der Waals surface area contributed by atoms with Gasteiger partial charge < -0.3 is 14.2 Å². The van der Waals surface area contributed by atoms with Crippen molar-refractivity contribution in [2.45, 2.75) is 46.0 Å². The van der Waals surface area contributed by atoms with E-state index in [1.165, 1.54) is 26.0 Å². The van der Waals surface area contributed by atoms with Gasteiger partial charge in [-0.15, -0.1) is 0 Å². The van der Waals surface area contributed by atoms with Gasteiger partial charge in [0.15, 0.2) is 0 Å². The van der Waals surface area contributed by atoms with Crippen molar-refractivity contribution < 1.29 is 28.2 Å². The van der Waals surface area contributed by atoms with Crippen LogP contribution in [0, 0.1) is 5.82 Å². The summed E-state index contributed by atoms with van der Waals surface area (Å²) in [5, 5.41) is 0. The van der Waals surface area contributed by atoms with Crippen LogP contribution in [0.15, 0.2) is 23.8 Å². The maximum absolute atomic E-state index is 14.1.